The number of nitrogens with one attached hydrogen (secondary N) is 1. The molecule has 2 aromatic rings. The van der Waals surface area contributed by atoms with E-state index < -0.39 is 11.6 Å². The average Bonchev–Trinajstić information content (AvgIpc) is 2.87. The lowest BCUT2D eigenvalue weighted by Crippen LogP contribution is -2.59. The number of ether oxygens (including phenoxy) is 1. The molecule has 2 aromatic carbocycles. The number of nitrogens with two attached hydrogens (primary N) is 1. The largest absolute Gasteiger partial charge is 0.447 e. The molecule has 1 aliphatic rings. The highest BCUT2D eigenvalue weighted by molar-refractivity contribution is 6.31. The second-order valence-electron chi connectivity index (χ2n) is 8.02. The van der Waals surface area contributed by atoms with Crippen molar-refractivity contribution in [2.24, 2.45) is 5.73 Å². The van der Waals surface area contributed by atoms with Gasteiger partial charge in [0, 0.05) is 30.3 Å². The van der Waals surface area contributed by atoms with E-state index in [-0.39, 0.29) is 25.6 Å². The fourth-order valence-electron chi connectivity index (χ4n) is 3.92. The van der Waals surface area contributed by atoms with Crippen molar-refractivity contribution >= 4 is 35.7 Å². The molecule has 3 N–H and O–H groups in total. The van der Waals surface area contributed by atoms with Crippen LogP contribution in [0.2, 0.25) is 5.02 Å². The van der Waals surface area contributed by atoms with Crippen LogP contribution in [0.5, 0.6) is 0 Å². The number of hydrogen-bond donors (Lipinski definition) is 2. The molecule has 3 amide bonds. The first-order valence-corrected chi connectivity index (χ1v) is 11.2. The molecule has 178 valence electrons. The van der Waals surface area contributed by atoms with E-state index in [1.165, 1.54) is 0 Å². The summed E-state index contributed by atoms with van der Waals surface area (Å²) in [7, 11) is 0. The van der Waals surface area contributed by atoms with Crippen molar-refractivity contribution in [1.29, 1.82) is 5.26 Å². The van der Waals surface area contributed by atoms with E-state index in [1.54, 1.807) is 46.2 Å². The second-order valence-corrected chi connectivity index (χ2v) is 8.43. The highest BCUT2D eigenvalue weighted by Crippen LogP contribution is 2.31. The highest BCUT2D eigenvalue weighted by Gasteiger charge is 2.42. The minimum absolute atomic E-state index is 0.0665. The standard InChI is InChI=1S/C24H26ClN5O4/c25-21-4-2-1-3-19(21)15-30(17-31)24(9-11-29(12-10-24)22(32)14-27)16-34-23(33)28-20-7-5-18(13-26)6-8-20/h1-8,17H,9-12,14-16,27H2,(H,28,33). The Balaban J connectivity index is 1.75. The van der Waals surface area contributed by atoms with E-state index in [2.05, 4.69) is 5.32 Å². The number of amides is 3. The lowest BCUT2D eigenvalue weighted by Gasteiger charge is -2.46. The van der Waals surface area contributed by atoms with Crippen LogP contribution in [0.3, 0.4) is 0 Å². The summed E-state index contributed by atoms with van der Waals surface area (Å²) in [5.41, 5.74) is 6.38. The molecule has 0 spiro atoms. The Hall–Kier alpha value is -3.61. The first-order valence-electron chi connectivity index (χ1n) is 10.8. The van der Waals surface area contributed by atoms with Crippen LogP contribution in [0.25, 0.3) is 0 Å². The first-order chi connectivity index (χ1) is 16.4. The van der Waals surface area contributed by atoms with Gasteiger partial charge in [-0.05, 0) is 48.7 Å². The number of nitriles is 1. The van der Waals surface area contributed by atoms with E-state index in [1.807, 2.05) is 18.2 Å². The Labute approximate surface area is 203 Å². The molecule has 1 fully saturated rings. The van der Waals surface area contributed by atoms with Crippen molar-refractivity contribution in [3.05, 3.63) is 64.7 Å². The smallest absolute Gasteiger partial charge is 0.411 e. The Morgan fingerprint density at radius 3 is 2.47 bits per heavy atom. The Kier molecular flexibility index (Phi) is 8.46. The Bertz CT molecular complexity index is 1060. The highest BCUT2D eigenvalue weighted by atomic mass is 35.5. The van der Waals surface area contributed by atoms with Gasteiger partial charge >= 0.3 is 6.09 Å². The predicted octanol–water partition coefficient (Wildman–Crippen LogP) is 2.74. The lowest BCUT2D eigenvalue weighted by molar-refractivity contribution is -0.137. The van der Waals surface area contributed by atoms with Crippen molar-refractivity contribution in [2.45, 2.75) is 24.9 Å². The molecule has 1 saturated heterocycles. The van der Waals surface area contributed by atoms with Crippen LogP contribution in [0.15, 0.2) is 48.5 Å². The van der Waals surface area contributed by atoms with E-state index in [0.29, 0.717) is 42.2 Å². The SMILES string of the molecule is N#Cc1ccc(NC(=O)OCC2(N(C=O)Cc3ccccc3Cl)CCN(C(=O)CN)CC2)cc1. The summed E-state index contributed by atoms with van der Waals surface area (Å²) in [4.78, 5) is 40.0. The zero-order valence-corrected chi connectivity index (χ0v) is 19.3. The molecule has 1 aliphatic heterocycles. The minimum Gasteiger partial charge on any atom is -0.447 e. The van der Waals surface area contributed by atoms with Gasteiger partial charge < -0.3 is 20.3 Å². The van der Waals surface area contributed by atoms with Gasteiger partial charge in [0.25, 0.3) is 0 Å². The number of rotatable bonds is 8. The Morgan fingerprint density at radius 2 is 1.88 bits per heavy atom. The average molecular weight is 484 g/mol. The van der Waals surface area contributed by atoms with Crippen LogP contribution >= 0.6 is 11.6 Å². The molecular formula is C24H26ClN5O4. The molecule has 10 heteroatoms. The molecule has 9 nitrogen and oxygen atoms in total. The quantitative estimate of drug-likeness (QED) is 0.555. The second kappa shape index (κ2) is 11.5. The van der Waals surface area contributed by atoms with Crippen LogP contribution in [-0.4, -0.2) is 60.0 Å². The van der Waals surface area contributed by atoms with E-state index in [0.717, 1.165) is 12.0 Å². The third-order valence-electron chi connectivity index (χ3n) is 5.99. The van der Waals surface area contributed by atoms with Gasteiger partial charge in [0.05, 0.1) is 23.7 Å². The number of nitrogens with zero attached hydrogens (tertiary/aromatic N) is 3. The van der Waals surface area contributed by atoms with Crippen molar-refractivity contribution < 1.29 is 19.1 Å². The summed E-state index contributed by atoms with van der Waals surface area (Å²) in [5, 5.41) is 12.0. The zero-order chi connectivity index (χ0) is 24.6. The molecule has 0 atom stereocenters. The van der Waals surface area contributed by atoms with Crippen molar-refractivity contribution in [1.82, 2.24) is 9.80 Å². The van der Waals surface area contributed by atoms with Crippen LogP contribution in [0.1, 0.15) is 24.0 Å². The monoisotopic (exact) mass is 483 g/mol. The zero-order valence-electron chi connectivity index (χ0n) is 18.6. The van der Waals surface area contributed by atoms with Crippen molar-refractivity contribution in [3.63, 3.8) is 0 Å². The molecule has 0 aliphatic carbocycles. The molecule has 34 heavy (non-hydrogen) atoms. The normalized spacial score (nSPS) is 14.6. The summed E-state index contributed by atoms with van der Waals surface area (Å²) in [6.07, 6.45) is 0.859. The number of benzene rings is 2. The number of carbonyl (C=O) groups excluding carboxylic acids is 3. The van der Waals surface area contributed by atoms with Crippen LogP contribution in [-0.2, 0) is 20.9 Å². The molecule has 0 radical (unpaired) electrons. The maximum Gasteiger partial charge on any atom is 0.411 e. The maximum atomic E-state index is 12.5. The number of piperidine rings is 1. The summed E-state index contributed by atoms with van der Waals surface area (Å²) in [6.45, 7) is 0.831. The van der Waals surface area contributed by atoms with Crippen LogP contribution < -0.4 is 11.1 Å². The third kappa shape index (κ3) is 6.04. The first kappa shape index (κ1) is 25.0. The number of likely N-dealkylation sites (tertiary alicyclic amines) is 1. The number of carbonyl (C=O) groups is 3. The maximum absolute atomic E-state index is 12.5. The molecule has 3 rings (SSSR count). The van der Waals surface area contributed by atoms with Crippen LogP contribution in [0.4, 0.5) is 10.5 Å². The summed E-state index contributed by atoms with van der Waals surface area (Å²) >= 11 is 6.31. The molecular weight excluding hydrogens is 458 g/mol. The fourth-order valence-corrected chi connectivity index (χ4v) is 4.12. The Morgan fingerprint density at radius 1 is 1.21 bits per heavy atom. The van der Waals surface area contributed by atoms with Crippen molar-refractivity contribution in [3.8, 4) is 6.07 Å². The molecule has 0 unspecified atom stereocenters. The molecule has 0 bridgehead atoms. The number of halogens is 1. The van der Waals surface area contributed by atoms with Crippen LogP contribution in [0, 0.1) is 11.3 Å². The molecule has 0 saturated carbocycles. The lowest BCUT2D eigenvalue weighted by atomic mass is 9.86. The fraction of sp³-hybridized carbons (Fsp3) is 0.333. The van der Waals surface area contributed by atoms with Gasteiger partial charge in [0.2, 0.25) is 12.3 Å². The van der Waals surface area contributed by atoms with E-state index >= 15 is 0 Å². The number of hydrogen-bond acceptors (Lipinski definition) is 6. The summed E-state index contributed by atoms with van der Waals surface area (Å²) in [5.74, 6) is -0.170. The van der Waals surface area contributed by atoms with Gasteiger partial charge in [-0.2, -0.15) is 5.26 Å². The van der Waals surface area contributed by atoms with Gasteiger partial charge in [0.15, 0.2) is 0 Å². The molecule has 0 aromatic heterocycles. The van der Waals surface area contributed by atoms with Gasteiger partial charge in [-0.1, -0.05) is 29.8 Å². The van der Waals surface area contributed by atoms with Gasteiger partial charge in [0.1, 0.15) is 6.61 Å². The van der Waals surface area contributed by atoms with E-state index in [4.69, 9.17) is 27.3 Å². The summed E-state index contributed by atoms with van der Waals surface area (Å²) in [6, 6.07) is 15.6. The van der Waals surface area contributed by atoms with Gasteiger partial charge in [-0.3, -0.25) is 14.9 Å². The van der Waals surface area contributed by atoms with Gasteiger partial charge in [-0.25, -0.2) is 4.79 Å². The minimum atomic E-state index is -0.825. The topological polar surface area (TPSA) is 129 Å². The third-order valence-corrected chi connectivity index (χ3v) is 6.36. The van der Waals surface area contributed by atoms with Crippen molar-refractivity contribution in [2.75, 3.05) is 31.6 Å². The van der Waals surface area contributed by atoms with E-state index in [9.17, 15) is 14.4 Å². The summed E-state index contributed by atoms with van der Waals surface area (Å²) < 4.78 is 5.54. The number of anilines is 1. The van der Waals surface area contributed by atoms with Gasteiger partial charge in [-0.15, -0.1) is 0 Å². The predicted molar refractivity (Wildman–Crippen MR) is 127 cm³/mol. The molecule has 1 heterocycles.